The van der Waals surface area contributed by atoms with Gasteiger partial charge in [0.15, 0.2) is 0 Å². The predicted octanol–water partition coefficient (Wildman–Crippen LogP) is 3.86. The molecule has 0 N–H and O–H groups in total. The first-order valence-corrected chi connectivity index (χ1v) is 9.81. The summed E-state index contributed by atoms with van der Waals surface area (Å²) in [7, 11) is 0.625. The van der Waals surface area contributed by atoms with Crippen molar-refractivity contribution in [3.05, 3.63) is 53.5 Å². The molecular weight excluding hydrogens is 422 g/mol. The van der Waals surface area contributed by atoms with Crippen LogP contribution in [0.3, 0.4) is 0 Å². The zero-order chi connectivity index (χ0) is 19.3. The van der Waals surface area contributed by atoms with E-state index >= 15 is 0 Å². The monoisotopic (exact) mass is 441 g/mol. The normalized spacial score (nSPS) is 10.9. The lowest BCUT2D eigenvalue weighted by atomic mass is 10.2. The Morgan fingerprint density at radius 2 is 1.69 bits per heavy atom. The lowest BCUT2D eigenvalue weighted by Gasteiger charge is -2.25. The van der Waals surface area contributed by atoms with Crippen LogP contribution in [0.4, 0.5) is 5.69 Å². The Kier molecular flexibility index (Phi) is 6.55. The van der Waals surface area contributed by atoms with Gasteiger partial charge in [-0.15, -0.1) is 6.58 Å². The maximum Gasteiger partial charge on any atom is 0.264 e. The second kappa shape index (κ2) is 8.46. The molecule has 0 aliphatic rings. The number of methoxy groups -OCH3 is 3. The van der Waals surface area contributed by atoms with E-state index in [1.54, 1.807) is 24.3 Å². The molecule has 0 saturated carbocycles. The van der Waals surface area contributed by atoms with Gasteiger partial charge in [0.1, 0.15) is 17.2 Å². The van der Waals surface area contributed by atoms with Gasteiger partial charge in [0.2, 0.25) is 0 Å². The van der Waals surface area contributed by atoms with E-state index in [1.807, 2.05) is 0 Å². The van der Waals surface area contributed by atoms with Crippen LogP contribution in [0.15, 0.2) is 58.4 Å². The van der Waals surface area contributed by atoms with E-state index in [0.29, 0.717) is 27.4 Å². The largest absolute Gasteiger partial charge is 0.497 e. The fraction of sp³-hybridized carbons (Fsp3) is 0.222. The Bertz CT molecular complexity index is 898. The zero-order valence-electron chi connectivity index (χ0n) is 14.7. The molecule has 26 heavy (non-hydrogen) atoms. The van der Waals surface area contributed by atoms with Crippen LogP contribution in [0.25, 0.3) is 0 Å². The lowest BCUT2D eigenvalue weighted by Crippen LogP contribution is -2.31. The van der Waals surface area contributed by atoms with E-state index in [0.717, 1.165) is 0 Å². The van der Waals surface area contributed by atoms with E-state index in [1.165, 1.54) is 43.8 Å². The molecule has 0 amide bonds. The molecule has 2 rings (SSSR count). The zero-order valence-corrected chi connectivity index (χ0v) is 17.1. The molecule has 8 heteroatoms. The minimum atomic E-state index is -3.88. The van der Waals surface area contributed by atoms with Gasteiger partial charge >= 0.3 is 0 Å². The standard InChI is InChI=1S/C18H20BrNO5S/c1-5-10-20(16-11-13(23-2)6-8-18(16)25-4)26(21,22)14-7-9-17(24-3)15(19)12-14/h5-9,11-12H,1,10H2,2-4H3. The van der Waals surface area contributed by atoms with Crippen molar-refractivity contribution in [2.75, 3.05) is 32.2 Å². The molecule has 6 nitrogen and oxygen atoms in total. The van der Waals surface area contributed by atoms with Crippen LogP contribution in [0.2, 0.25) is 0 Å². The van der Waals surface area contributed by atoms with Crippen LogP contribution in [0, 0.1) is 0 Å². The molecule has 0 aliphatic carbocycles. The minimum Gasteiger partial charge on any atom is -0.497 e. The highest BCUT2D eigenvalue weighted by Gasteiger charge is 2.27. The van der Waals surface area contributed by atoms with Crippen molar-refractivity contribution in [2.45, 2.75) is 4.90 Å². The summed E-state index contributed by atoms with van der Waals surface area (Å²) in [6.07, 6.45) is 1.51. The van der Waals surface area contributed by atoms with Crippen molar-refractivity contribution in [2.24, 2.45) is 0 Å². The molecule has 0 spiro atoms. The first kappa shape index (κ1) is 20.1. The smallest absolute Gasteiger partial charge is 0.264 e. The van der Waals surface area contributed by atoms with Gasteiger partial charge in [0.05, 0.1) is 42.9 Å². The van der Waals surface area contributed by atoms with Crippen molar-refractivity contribution >= 4 is 31.6 Å². The van der Waals surface area contributed by atoms with Gasteiger partial charge in [-0.1, -0.05) is 6.08 Å². The van der Waals surface area contributed by atoms with E-state index in [9.17, 15) is 8.42 Å². The van der Waals surface area contributed by atoms with Crippen LogP contribution in [0.5, 0.6) is 17.2 Å². The summed E-state index contributed by atoms with van der Waals surface area (Å²) in [5.41, 5.74) is 0.360. The van der Waals surface area contributed by atoms with Crippen LogP contribution in [-0.2, 0) is 10.0 Å². The molecule has 0 atom stereocenters. The Balaban J connectivity index is 2.62. The molecule has 2 aromatic rings. The first-order chi connectivity index (χ1) is 12.4. The number of nitrogens with zero attached hydrogens (tertiary/aromatic N) is 1. The Hall–Kier alpha value is -2.19. The third kappa shape index (κ3) is 3.96. The van der Waals surface area contributed by atoms with Crippen LogP contribution in [0.1, 0.15) is 0 Å². The molecule has 0 radical (unpaired) electrons. The number of hydrogen-bond acceptors (Lipinski definition) is 5. The lowest BCUT2D eigenvalue weighted by molar-refractivity contribution is 0.404. The number of hydrogen-bond donors (Lipinski definition) is 0. The van der Waals surface area contributed by atoms with Gasteiger partial charge in [-0.3, -0.25) is 4.31 Å². The Labute approximate surface area is 162 Å². The second-order valence-corrected chi connectivity index (χ2v) is 7.88. The highest BCUT2D eigenvalue weighted by Crippen LogP contribution is 2.37. The molecule has 0 fully saturated rings. The molecule has 0 aromatic heterocycles. The van der Waals surface area contributed by atoms with E-state index < -0.39 is 10.0 Å². The number of sulfonamides is 1. The summed E-state index contributed by atoms with van der Waals surface area (Å²) < 4.78 is 44.0. The number of rotatable bonds is 8. The van der Waals surface area contributed by atoms with Crippen molar-refractivity contribution in [3.63, 3.8) is 0 Å². The van der Waals surface area contributed by atoms with E-state index in [-0.39, 0.29) is 11.4 Å². The van der Waals surface area contributed by atoms with Crippen LogP contribution < -0.4 is 18.5 Å². The summed E-state index contributed by atoms with van der Waals surface area (Å²) >= 11 is 3.32. The summed E-state index contributed by atoms with van der Waals surface area (Å²) in [6.45, 7) is 3.73. The summed E-state index contributed by atoms with van der Waals surface area (Å²) in [6, 6.07) is 9.54. The fourth-order valence-corrected chi connectivity index (χ4v) is 4.53. The van der Waals surface area contributed by atoms with Crippen molar-refractivity contribution < 1.29 is 22.6 Å². The average molecular weight is 442 g/mol. The third-order valence-electron chi connectivity index (χ3n) is 3.66. The molecule has 2 aromatic carbocycles. The van der Waals surface area contributed by atoms with E-state index in [4.69, 9.17) is 14.2 Å². The number of anilines is 1. The molecule has 0 aliphatic heterocycles. The molecule has 0 saturated heterocycles. The van der Waals surface area contributed by atoms with Crippen molar-refractivity contribution in [3.8, 4) is 17.2 Å². The van der Waals surface area contributed by atoms with Crippen molar-refractivity contribution in [1.82, 2.24) is 0 Å². The number of benzene rings is 2. The van der Waals surface area contributed by atoms with Crippen LogP contribution in [-0.4, -0.2) is 36.3 Å². The molecule has 0 bridgehead atoms. The maximum absolute atomic E-state index is 13.3. The van der Waals surface area contributed by atoms with Gasteiger partial charge in [0.25, 0.3) is 10.0 Å². The minimum absolute atomic E-state index is 0.0650. The quantitative estimate of drug-likeness (QED) is 0.581. The van der Waals surface area contributed by atoms with Gasteiger partial charge in [-0.2, -0.15) is 0 Å². The molecule has 0 heterocycles. The molecular formula is C18H20BrNO5S. The number of ether oxygens (including phenoxy) is 3. The average Bonchev–Trinajstić information content (AvgIpc) is 2.65. The summed E-state index contributed by atoms with van der Waals surface area (Å²) in [5.74, 6) is 1.46. The predicted molar refractivity (Wildman–Crippen MR) is 105 cm³/mol. The Morgan fingerprint density at radius 3 is 2.23 bits per heavy atom. The fourth-order valence-electron chi connectivity index (χ4n) is 2.37. The molecule has 140 valence electrons. The van der Waals surface area contributed by atoms with Gasteiger partial charge in [0, 0.05) is 6.07 Å². The summed E-state index contributed by atoms with van der Waals surface area (Å²) in [5, 5.41) is 0. The van der Waals surface area contributed by atoms with E-state index in [2.05, 4.69) is 22.5 Å². The Morgan fingerprint density at radius 1 is 1.04 bits per heavy atom. The highest BCUT2D eigenvalue weighted by atomic mass is 79.9. The maximum atomic E-state index is 13.3. The number of halogens is 1. The third-order valence-corrected chi connectivity index (χ3v) is 6.06. The highest BCUT2D eigenvalue weighted by molar-refractivity contribution is 9.10. The van der Waals surface area contributed by atoms with Crippen molar-refractivity contribution in [1.29, 1.82) is 0 Å². The second-order valence-electron chi connectivity index (χ2n) is 5.16. The van der Waals surface area contributed by atoms with Crippen LogP contribution >= 0.6 is 15.9 Å². The van der Waals surface area contributed by atoms with Gasteiger partial charge in [-0.05, 0) is 46.3 Å². The van der Waals surface area contributed by atoms with Gasteiger partial charge in [-0.25, -0.2) is 8.42 Å². The van der Waals surface area contributed by atoms with Gasteiger partial charge < -0.3 is 14.2 Å². The summed E-state index contributed by atoms with van der Waals surface area (Å²) in [4.78, 5) is 0.108. The first-order valence-electron chi connectivity index (χ1n) is 7.58. The SMILES string of the molecule is C=CCN(c1cc(OC)ccc1OC)S(=O)(=O)c1ccc(OC)c(Br)c1. The molecule has 0 unspecified atom stereocenters. The topological polar surface area (TPSA) is 65.1 Å².